The number of halogens is 1. The van der Waals surface area contributed by atoms with Gasteiger partial charge in [0.15, 0.2) is 40.7 Å². The van der Waals surface area contributed by atoms with Crippen LogP contribution in [0.5, 0.6) is 11.5 Å². The second-order valence-electron chi connectivity index (χ2n) is 10.8. The molecule has 1 spiro atoms. The minimum Gasteiger partial charge on any atom is -0.493 e. The zero-order valence-electron chi connectivity index (χ0n) is 24.0. The highest BCUT2D eigenvalue weighted by Gasteiger charge is 2.63. The number of aliphatic hydroxyl groups excluding tert-OH is 1. The molecule has 5 rings (SSSR count). The fourth-order valence-electron chi connectivity index (χ4n) is 5.70. The van der Waals surface area contributed by atoms with Crippen molar-refractivity contribution < 1.29 is 48.2 Å². The average Bonchev–Trinajstić information content (AvgIpc) is 3.43. The van der Waals surface area contributed by atoms with Gasteiger partial charge in [0, 0.05) is 31.9 Å². The minimum absolute atomic E-state index is 0.125. The maximum Gasteiger partial charge on any atom is 0.223 e. The van der Waals surface area contributed by atoms with Crippen LogP contribution in [0.3, 0.4) is 0 Å². The SMILES string of the molecule is COCO[C@@H]1CC(=O)NC[C@@H](O)[C@]2(O)C#CC3=CC[C@H]4OC(C)(C)O[C@@]34[C@@H](C#C[C@H]2OC)Oc2c(OC)ccc1c2Cl. The molecule has 1 aromatic rings. The molecular formula is C30H34ClNO10. The summed E-state index contributed by atoms with van der Waals surface area (Å²) in [5.74, 6) is 10.7. The number of fused-ring (bicyclic) bond motifs is 5. The number of hydrogen-bond acceptors (Lipinski definition) is 10. The molecule has 7 atom stereocenters. The molecule has 4 bridgehead atoms. The van der Waals surface area contributed by atoms with E-state index >= 15 is 0 Å². The summed E-state index contributed by atoms with van der Waals surface area (Å²) in [6.07, 6.45) is -3.34. The van der Waals surface area contributed by atoms with E-state index in [1.165, 1.54) is 21.3 Å². The van der Waals surface area contributed by atoms with Crippen molar-refractivity contribution >= 4 is 17.5 Å². The first-order valence-electron chi connectivity index (χ1n) is 13.5. The molecule has 12 heteroatoms. The van der Waals surface area contributed by atoms with Crippen molar-refractivity contribution in [1.82, 2.24) is 5.32 Å². The molecule has 1 aromatic carbocycles. The Balaban J connectivity index is 1.76. The molecule has 0 saturated carbocycles. The maximum absolute atomic E-state index is 13.0. The Morgan fingerprint density at radius 1 is 1.21 bits per heavy atom. The van der Waals surface area contributed by atoms with Crippen LogP contribution in [0.1, 0.15) is 38.4 Å². The van der Waals surface area contributed by atoms with Gasteiger partial charge >= 0.3 is 0 Å². The van der Waals surface area contributed by atoms with E-state index in [1.54, 1.807) is 26.0 Å². The molecule has 2 heterocycles. The van der Waals surface area contributed by atoms with Gasteiger partial charge in [-0.1, -0.05) is 47.4 Å². The minimum atomic E-state index is -2.21. The summed E-state index contributed by atoms with van der Waals surface area (Å²) in [5.41, 5.74) is -2.67. The van der Waals surface area contributed by atoms with Crippen molar-refractivity contribution in [3.8, 4) is 35.2 Å². The number of ether oxygens (including phenoxy) is 7. The number of aliphatic hydroxyl groups is 2. The van der Waals surface area contributed by atoms with Crippen LogP contribution < -0.4 is 14.8 Å². The highest BCUT2D eigenvalue weighted by molar-refractivity contribution is 6.33. The van der Waals surface area contributed by atoms with Gasteiger partial charge in [0.25, 0.3) is 0 Å². The molecule has 0 aromatic heterocycles. The van der Waals surface area contributed by atoms with Crippen molar-refractivity contribution in [2.75, 3.05) is 34.7 Å². The Morgan fingerprint density at radius 2 is 2.00 bits per heavy atom. The molecule has 0 radical (unpaired) electrons. The van der Waals surface area contributed by atoms with E-state index in [0.29, 0.717) is 23.3 Å². The first kappa shape index (κ1) is 30.6. The molecule has 42 heavy (non-hydrogen) atoms. The predicted molar refractivity (Wildman–Crippen MR) is 149 cm³/mol. The lowest BCUT2D eigenvalue weighted by Crippen LogP contribution is -2.55. The monoisotopic (exact) mass is 603 g/mol. The maximum atomic E-state index is 13.0. The van der Waals surface area contributed by atoms with Crippen LogP contribution in [0.2, 0.25) is 5.02 Å². The van der Waals surface area contributed by atoms with Crippen LogP contribution >= 0.6 is 11.6 Å². The Morgan fingerprint density at radius 3 is 2.71 bits per heavy atom. The molecular weight excluding hydrogens is 570 g/mol. The Hall–Kier alpha value is -2.84. The van der Waals surface area contributed by atoms with E-state index in [2.05, 4.69) is 29.0 Å². The second-order valence-corrected chi connectivity index (χ2v) is 11.2. The summed E-state index contributed by atoms with van der Waals surface area (Å²) in [4.78, 5) is 13.0. The number of benzene rings is 1. The third-order valence-corrected chi connectivity index (χ3v) is 8.09. The van der Waals surface area contributed by atoms with Gasteiger partial charge in [-0.25, -0.2) is 0 Å². The van der Waals surface area contributed by atoms with E-state index in [-0.39, 0.29) is 30.5 Å². The molecule has 0 unspecified atom stereocenters. The van der Waals surface area contributed by atoms with E-state index in [0.717, 1.165) is 0 Å². The van der Waals surface area contributed by atoms with Crippen LogP contribution in [0.25, 0.3) is 0 Å². The first-order chi connectivity index (χ1) is 20.0. The van der Waals surface area contributed by atoms with Crippen LogP contribution in [0, 0.1) is 23.7 Å². The summed E-state index contributed by atoms with van der Waals surface area (Å²) >= 11 is 6.98. The Bertz CT molecular complexity index is 1390. The molecule has 226 valence electrons. The van der Waals surface area contributed by atoms with Gasteiger partial charge in [-0.3, -0.25) is 4.79 Å². The lowest BCUT2D eigenvalue weighted by molar-refractivity contribution is -0.166. The van der Waals surface area contributed by atoms with Crippen LogP contribution in [-0.4, -0.2) is 92.2 Å². The normalized spacial score (nSPS) is 34.8. The third kappa shape index (κ3) is 5.25. The molecule has 1 fully saturated rings. The van der Waals surface area contributed by atoms with Crippen LogP contribution in [0.4, 0.5) is 0 Å². The molecule has 2 aliphatic heterocycles. The Labute approximate surface area is 249 Å². The Kier molecular flexibility index (Phi) is 8.52. The number of methoxy groups -OCH3 is 3. The average molecular weight is 604 g/mol. The van der Waals surface area contributed by atoms with Crippen molar-refractivity contribution in [2.24, 2.45) is 0 Å². The number of hydrogen-bond donors (Lipinski definition) is 3. The summed E-state index contributed by atoms with van der Waals surface area (Å²) in [5, 5.41) is 25.7. The quantitative estimate of drug-likeness (QED) is 0.337. The molecule has 1 saturated heterocycles. The summed E-state index contributed by atoms with van der Waals surface area (Å²) in [7, 11) is 4.26. The number of amides is 1. The predicted octanol–water partition coefficient (Wildman–Crippen LogP) is 1.63. The molecule has 4 aliphatic rings. The van der Waals surface area contributed by atoms with Crippen LogP contribution in [0.15, 0.2) is 23.8 Å². The highest BCUT2D eigenvalue weighted by atomic mass is 35.5. The summed E-state index contributed by atoms with van der Waals surface area (Å²) in [6, 6.07) is 3.32. The van der Waals surface area contributed by atoms with Crippen molar-refractivity contribution in [3.05, 3.63) is 34.4 Å². The van der Waals surface area contributed by atoms with Gasteiger partial charge < -0.3 is 48.7 Å². The molecule has 2 aliphatic carbocycles. The van der Waals surface area contributed by atoms with Crippen molar-refractivity contribution in [3.63, 3.8) is 0 Å². The summed E-state index contributed by atoms with van der Waals surface area (Å²) in [6.45, 7) is 3.07. The standard InChI is InChI=1S/C30H34ClNO10/c1-28(2)41-24-9-6-17-12-13-29(35)21(33)15-32-25(34)14-20(39-16-36-3)18-7-8-19(37-4)27(26(18)31)40-23(30(17,24)42-28)11-10-22(29)38-5/h6-8,20-24,33,35H,9,14-16H2,1-5H3,(H,32,34)/t20-,21-,22-,23-,24-,29-,30-/m1/s1. The zero-order chi connectivity index (χ0) is 30.3. The number of rotatable bonds is 5. The van der Waals surface area contributed by atoms with Gasteiger partial charge in [-0.2, -0.15) is 0 Å². The van der Waals surface area contributed by atoms with E-state index in [1.807, 2.05) is 6.08 Å². The van der Waals surface area contributed by atoms with Crippen molar-refractivity contribution in [1.29, 1.82) is 0 Å². The molecule has 1 amide bonds. The second kappa shape index (κ2) is 11.7. The number of carbonyl (C=O) groups is 1. The largest absolute Gasteiger partial charge is 0.493 e. The van der Waals surface area contributed by atoms with E-state index in [4.69, 9.17) is 44.8 Å². The smallest absolute Gasteiger partial charge is 0.223 e. The van der Waals surface area contributed by atoms with Gasteiger partial charge in [0.05, 0.1) is 24.7 Å². The highest BCUT2D eigenvalue weighted by Crippen LogP contribution is 2.51. The van der Waals surface area contributed by atoms with Gasteiger partial charge in [-0.15, -0.1) is 0 Å². The van der Waals surface area contributed by atoms with Gasteiger partial charge in [0.2, 0.25) is 5.91 Å². The number of nitrogens with one attached hydrogen (secondary N) is 1. The van der Waals surface area contributed by atoms with E-state index < -0.39 is 53.4 Å². The fraction of sp³-hybridized carbons (Fsp3) is 0.567. The molecule has 3 N–H and O–H groups in total. The zero-order valence-corrected chi connectivity index (χ0v) is 24.7. The van der Waals surface area contributed by atoms with Crippen LogP contribution in [-0.2, 0) is 28.5 Å². The van der Waals surface area contributed by atoms with Gasteiger partial charge in [0.1, 0.15) is 19.0 Å². The third-order valence-electron chi connectivity index (χ3n) is 7.70. The van der Waals surface area contributed by atoms with Crippen molar-refractivity contribution in [2.45, 2.75) is 74.2 Å². The topological polar surface area (TPSA) is 134 Å². The fourth-order valence-corrected chi connectivity index (χ4v) is 6.02. The number of carbonyl (C=O) groups excluding carboxylic acids is 1. The first-order valence-corrected chi connectivity index (χ1v) is 13.8. The lowest BCUT2D eigenvalue weighted by Gasteiger charge is -2.35. The van der Waals surface area contributed by atoms with E-state index in [9.17, 15) is 15.0 Å². The molecule has 11 nitrogen and oxygen atoms in total. The number of β-amino-alcohol motifs (C(OH)–C–C–N with tert-alkyl or cyclic N) is 1. The van der Waals surface area contributed by atoms with Gasteiger partial charge in [-0.05, 0) is 26.3 Å². The summed E-state index contributed by atoms with van der Waals surface area (Å²) < 4.78 is 41.5. The lowest BCUT2D eigenvalue weighted by atomic mass is 9.87.